The van der Waals surface area contributed by atoms with Gasteiger partial charge in [0.1, 0.15) is 0 Å². The molecule has 0 heterocycles. The lowest BCUT2D eigenvalue weighted by atomic mass is 10.2. The second-order valence-electron chi connectivity index (χ2n) is 3.83. The topological polar surface area (TPSA) is 12.0 Å². The maximum absolute atomic E-state index is 6.32. The first-order chi connectivity index (χ1) is 8.34. The Bertz CT molecular complexity index is 432. The fourth-order valence-electron chi connectivity index (χ4n) is 1.57. The first-order valence-electron chi connectivity index (χ1n) is 5.59. The number of benzene rings is 2. The summed E-state index contributed by atoms with van der Waals surface area (Å²) >= 11 is 6.32. The number of halogens is 1. The number of rotatable bonds is 5. The summed E-state index contributed by atoms with van der Waals surface area (Å²) < 4.78 is 0. The van der Waals surface area contributed by atoms with Crippen LogP contribution in [0.1, 0.15) is 11.1 Å². The van der Waals surface area contributed by atoms with Crippen molar-refractivity contribution in [3.63, 3.8) is 0 Å². The maximum atomic E-state index is 6.32. The Balaban J connectivity index is 1.80. The minimum atomic E-state index is -0.658. The van der Waals surface area contributed by atoms with Gasteiger partial charge in [0.05, 0.1) is 7.43 Å². The molecule has 0 aliphatic heterocycles. The average Bonchev–Trinajstić information content (AvgIpc) is 2.39. The van der Waals surface area contributed by atoms with E-state index in [-0.39, 0.29) is 0 Å². The van der Waals surface area contributed by atoms with Crippen LogP contribution in [0.3, 0.4) is 0 Å². The summed E-state index contributed by atoms with van der Waals surface area (Å²) in [5.74, 6) is 0. The molecule has 2 aromatic carbocycles. The molecule has 0 aromatic heterocycles. The lowest BCUT2D eigenvalue weighted by molar-refractivity contribution is 0.961. The Morgan fingerprint density at radius 3 is 1.94 bits per heavy atom. The molecule has 0 saturated carbocycles. The smallest absolute Gasteiger partial charge is 0.0646 e. The van der Waals surface area contributed by atoms with E-state index in [4.69, 9.17) is 11.2 Å². The average molecular weight is 264 g/mol. The van der Waals surface area contributed by atoms with E-state index in [0.29, 0.717) is 0 Å². The Hall–Kier alpha value is -0.880. The first kappa shape index (κ1) is 12.6. The van der Waals surface area contributed by atoms with E-state index in [2.05, 4.69) is 29.4 Å². The first-order valence-corrected chi connectivity index (χ1v) is 8.02. The molecule has 0 fully saturated rings. The highest BCUT2D eigenvalue weighted by molar-refractivity contribution is 7.81. The van der Waals surface area contributed by atoms with Gasteiger partial charge in [0.2, 0.25) is 0 Å². The number of nitrogens with one attached hydrogen (secondary N) is 1. The van der Waals surface area contributed by atoms with Gasteiger partial charge in [-0.05, 0) is 11.1 Å². The molecular formula is C14H15ClNP. The molecule has 1 unspecified atom stereocenters. The van der Waals surface area contributed by atoms with E-state index < -0.39 is 7.43 Å². The molecule has 0 aliphatic rings. The third kappa shape index (κ3) is 4.47. The van der Waals surface area contributed by atoms with Gasteiger partial charge in [0, 0.05) is 12.7 Å². The van der Waals surface area contributed by atoms with Crippen molar-refractivity contribution >= 4 is 18.7 Å². The van der Waals surface area contributed by atoms with E-state index in [9.17, 15) is 0 Å². The summed E-state index contributed by atoms with van der Waals surface area (Å²) in [6, 6.07) is 20.7. The molecule has 88 valence electrons. The van der Waals surface area contributed by atoms with Gasteiger partial charge in [-0.1, -0.05) is 71.9 Å². The Kier molecular flexibility index (Phi) is 5.00. The predicted molar refractivity (Wildman–Crippen MR) is 76.2 cm³/mol. The van der Waals surface area contributed by atoms with Crippen LogP contribution in [-0.4, -0.2) is 0 Å². The molecule has 3 heteroatoms. The van der Waals surface area contributed by atoms with Crippen LogP contribution in [0.15, 0.2) is 60.7 Å². The van der Waals surface area contributed by atoms with Crippen LogP contribution in [0.25, 0.3) is 0 Å². The summed E-state index contributed by atoms with van der Waals surface area (Å²) in [5.41, 5.74) is 2.56. The minimum Gasteiger partial charge on any atom is -0.279 e. The fraction of sp³-hybridized carbons (Fsp3) is 0.143. The minimum absolute atomic E-state index is 0.658. The van der Waals surface area contributed by atoms with Gasteiger partial charge in [-0.2, -0.15) is 0 Å². The lowest BCUT2D eigenvalue weighted by Gasteiger charge is -2.11. The molecule has 1 nitrogen and oxygen atoms in total. The van der Waals surface area contributed by atoms with Gasteiger partial charge in [-0.25, -0.2) is 0 Å². The van der Waals surface area contributed by atoms with Crippen molar-refractivity contribution < 1.29 is 0 Å². The van der Waals surface area contributed by atoms with Gasteiger partial charge >= 0.3 is 0 Å². The maximum Gasteiger partial charge on any atom is 0.0646 e. The van der Waals surface area contributed by atoms with Gasteiger partial charge in [0.25, 0.3) is 0 Å². The van der Waals surface area contributed by atoms with Crippen molar-refractivity contribution in [1.82, 2.24) is 5.09 Å². The van der Waals surface area contributed by atoms with Crippen molar-refractivity contribution in [2.24, 2.45) is 0 Å². The Morgan fingerprint density at radius 1 is 0.824 bits per heavy atom. The Labute approximate surface area is 108 Å². The Morgan fingerprint density at radius 2 is 1.35 bits per heavy atom. The van der Waals surface area contributed by atoms with Crippen molar-refractivity contribution in [2.75, 3.05) is 0 Å². The SMILES string of the molecule is ClP(Cc1ccccc1)NCc1ccccc1. The monoisotopic (exact) mass is 263 g/mol. The zero-order valence-corrected chi connectivity index (χ0v) is 11.2. The molecule has 1 N–H and O–H groups in total. The van der Waals surface area contributed by atoms with Crippen LogP contribution in [0, 0.1) is 0 Å². The van der Waals surface area contributed by atoms with Crippen molar-refractivity contribution in [3.05, 3.63) is 71.8 Å². The molecule has 2 rings (SSSR count). The van der Waals surface area contributed by atoms with Crippen LogP contribution in [0.4, 0.5) is 0 Å². The molecule has 17 heavy (non-hydrogen) atoms. The van der Waals surface area contributed by atoms with E-state index in [0.717, 1.165) is 12.7 Å². The van der Waals surface area contributed by atoms with Crippen LogP contribution in [-0.2, 0) is 12.7 Å². The van der Waals surface area contributed by atoms with E-state index in [1.165, 1.54) is 11.1 Å². The van der Waals surface area contributed by atoms with Gasteiger partial charge in [-0.15, -0.1) is 0 Å². The van der Waals surface area contributed by atoms with Gasteiger partial charge < -0.3 is 0 Å². The van der Waals surface area contributed by atoms with Crippen LogP contribution in [0.2, 0.25) is 0 Å². The number of hydrogen-bond acceptors (Lipinski definition) is 1. The molecule has 2 aromatic rings. The number of hydrogen-bond donors (Lipinski definition) is 1. The standard InChI is InChI=1S/C14H15ClNP/c15-17(12-14-9-5-2-6-10-14)16-11-13-7-3-1-4-8-13/h1-10,16H,11-12H2. The van der Waals surface area contributed by atoms with Gasteiger partial charge in [-0.3, -0.25) is 5.09 Å². The third-order valence-electron chi connectivity index (χ3n) is 2.46. The molecule has 0 radical (unpaired) electrons. The van der Waals surface area contributed by atoms with Crippen molar-refractivity contribution in [1.29, 1.82) is 0 Å². The summed E-state index contributed by atoms with van der Waals surface area (Å²) in [5, 5.41) is 3.38. The predicted octanol–water partition coefficient (Wildman–Crippen LogP) is 4.53. The van der Waals surface area contributed by atoms with E-state index in [1.807, 2.05) is 36.4 Å². The van der Waals surface area contributed by atoms with Crippen molar-refractivity contribution in [3.8, 4) is 0 Å². The fourth-order valence-corrected chi connectivity index (χ4v) is 3.16. The lowest BCUT2D eigenvalue weighted by Crippen LogP contribution is -2.04. The zero-order chi connectivity index (χ0) is 11.9. The van der Waals surface area contributed by atoms with Crippen LogP contribution < -0.4 is 5.09 Å². The van der Waals surface area contributed by atoms with Crippen molar-refractivity contribution in [2.45, 2.75) is 12.7 Å². The van der Waals surface area contributed by atoms with E-state index >= 15 is 0 Å². The zero-order valence-electron chi connectivity index (χ0n) is 9.51. The highest BCUT2D eigenvalue weighted by atomic mass is 35.7. The molecule has 0 saturated heterocycles. The highest BCUT2D eigenvalue weighted by Crippen LogP contribution is 2.40. The second kappa shape index (κ2) is 6.76. The molecule has 1 atom stereocenters. The normalized spacial score (nSPS) is 12.3. The summed E-state index contributed by atoms with van der Waals surface area (Å²) in [6.07, 6.45) is 0.907. The molecule has 0 aliphatic carbocycles. The second-order valence-corrected chi connectivity index (χ2v) is 6.41. The van der Waals surface area contributed by atoms with Crippen LogP contribution in [0.5, 0.6) is 0 Å². The van der Waals surface area contributed by atoms with Gasteiger partial charge in [0.15, 0.2) is 0 Å². The largest absolute Gasteiger partial charge is 0.279 e. The quantitative estimate of drug-likeness (QED) is 0.782. The third-order valence-corrected chi connectivity index (χ3v) is 4.32. The summed E-state index contributed by atoms with van der Waals surface area (Å²) in [7, 11) is -0.658. The summed E-state index contributed by atoms with van der Waals surface area (Å²) in [6.45, 7) is 0.836. The molecular weight excluding hydrogens is 249 g/mol. The highest BCUT2D eigenvalue weighted by Gasteiger charge is 2.04. The summed E-state index contributed by atoms with van der Waals surface area (Å²) in [4.78, 5) is 0. The molecule has 0 spiro atoms. The van der Waals surface area contributed by atoms with E-state index in [1.54, 1.807) is 0 Å². The molecule has 0 bridgehead atoms. The van der Waals surface area contributed by atoms with Crippen LogP contribution >= 0.6 is 18.7 Å². The molecule has 0 amide bonds.